The first-order valence-electron chi connectivity index (χ1n) is 13.1. The number of fused-ring (bicyclic) bond motifs is 1. The van der Waals surface area contributed by atoms with Gasteiger partial charge in [-0.2, -0.15) is 0 Å². The normalized spacial score (nSPS) is 12.6. The van der Waals surface area contributed by atoms with E-state index in [2.05, 4.69) is 40.7 Å². The molecule has 0 fully saturated rings. The van der Waals surface area contributed by atoms with Crippen molar-refractivity contribution in [3.63, 3.8) is 0 Å². The van der Waals surface area contributed by atoms with Crippen molar-refractivity contribution < 1.29 is 19.4 Å². The molecule has 0 unspecified atom stereocenters. The molecule has 38 heavy (non-hydrogen) atoms. The monoisotopic (exact) mass is 511 g/mol. The first kappa shape index (κ1) is 25.5. The zero-order valence-electron chi connectivity index (χ0n) is 21.7. The van der Waals surface area contributed by atoms with Crippen molar-refractivity contribution in [2.24, 2.45) is 0 Å². The van der Waals surface area contributed by atoms with Crippen LogP contribution in [0.2, 0.25) is 0 Å². The minimum Gasteiger partial charge on any atom is -0.486 e. The lowest BCUT2D eigenvalue weighted by Gasteiger charge is -2.25. The van der Waals surface area contributed by atoms with Gasteiger partial charge in [-0.05, 0) is 41.8 Å². The molecule has 1 aromatic heterocycles. The summed E-state index contributed by atoms with van der Waals surface area (Å²) in [6.45, 7) is 6.27. The average Bonchev–Trinajstić information content (AvgIpc) is 3.34. The Morgan fingerprint density at radius 1 is 0.921 bits per heavy atom. The summed E-state index contributed by atoms with van der Waals surface area (Å²) in [5.41, 5.74) is 4.72. The summed E-state index contributed by atoms with van der Waals surface area (Å²) in [7, 11) is 0. The van der Waals surface area contributed by atoms with Gasteiger partial charge in [0.05, 0.1) is 17.5 Å². The highest BCUT2D eigenvalue weighted by atomic mass is 16.6. The molecule has 1 N–H and O–H groups in total. The van der Waals surface area contributed by atoms with E-state index in [1.165, 1.54) is 0 Å². The van der Waals surface area contributed by atoms with Gasteiger partial charge in [0.25, 0.3) is 0 Å². The Morgan fingerprint density at radius 3 is 2.37 bits per heavy atom. The summed E-state index contributed by atoms with van der Waals surface area (Å²) < 4.78 is 13.9. The number of ether oxygens (including phenoxy) is 2. The lowest BCUT2D eigenvalue weighted by atomic mass is 10.1. The highest BCUT2D eigenvalue weighted by Gasteiger charge is 2.18. The SMILES string of the molecule is CCCCn1c(CN(Cc2ccc(C(=O)O)cc2)Cc2ccc3c(c2)OCCO3)cnc1-c1ccccc1. The number of rotatable bonds is 11. The molecule has 0 spiro atoms. The van der Waals surface area contributed by atoms with Crippen molar-refractivity contribution in [2.75, 3.05) is 13.2 Å². The van der Waals surface area contributed by atoms with E-state index in [9.17, 15) is 9.90 Å². The van der Waals surface area contributed by atoms with Crippen LogP contribution in [0.5, 0.6) is 11.5 Å². The minimum atomic E-state index is -0.919. The molecule has 1 aliphatic heterocycles. The van der Waals surface area contributed by atoms with Crippen molar-refractivity contribution in [1.82, 2.24) is 14.5 Å². The van der Waals surface area contributed by atoms with Crippen LogP contribution in [-0.2, 0) is 26.2 Å². The molecule has 0 saturated heterocycles. The van der Waals surface area contributed by atoms with Crippen molar-refractivity contribution >= 4 is 5.97 Å². The number of carboxylic acids is 1. The van der Waals surface area contributed by atoms with Gasteiger partial charge < -0.3 is 19.1 Å². The fourth-order valence-corrected chi connectivity index (χ4v) is 4.77. The Bertz CT molecular complexity index is 1370. The summed E-state index contributed by atoms with van der Waals surface area (Å²) in [6.07, 6.45) is 4.16. The molecule has 7 nitrogen and oxygen atoms in total. The lowest BCUT2D eigenvalue weighted by Crippen LogP contribution is -2.24. The Labute approximate surface area is 223 Å². The predicted molar refractivity (Wildman–Crippen MR) is 146 cm³/mol. The molecule has 0 atom stereocenters. The van der Waals surface area contributed by atoms with Crippen molar-refractivity contribution in [3.05, 3.63) is 101 Å². The van der Waals surface area contributed by atoms with Crippen LogP contribution in [0.1, 0.15) is 46.9 Å². The number of benzene rings is 3. The van der Waals surface area contributed by atoms with Crippen LogP contribution in [-0.4, -0.2) is 38.7 Å². The molecule has 0 radical (unpaired) electrons. The van der Waals surface area contributed by atoms with E-state index in [0.29, 0.717) is 32.8 Å². The number of aromatic nitrogens is 2. The van der Waals surface area contributed by atoms with Crippen molar-refractivity contribution in [3.8, 4) is 22.9 Å². The maximum Gasteiger partial charge on any atom is 0.335 e. The van der Waals surface area contributed by atoms with Gasteiger partial charge in [0.1, 0.15) is 19.0 Å². The van der Waals surface area contributed by atoms with E-state index in [4.69, 9.17) is 14.5 Å². The van der Waals surface area contributed by atoms with Gasteiger partial charge in [-0.3, -0.25) is 4.90 Å². The Kier molecular flexibility index (Phi) is 8.04. The summed E-state index contributed by atoms with van der Waals surface area (Å²) in [5, 5.41) is 9.30. The van der Waals surface area contributed by atoms with Crippen molar-refractivity contribution in [2.45, 2.75) is 45.9 Å². The second-order valence-electron chi connectivity index (χ2n) is 9.57. The Balaban J connectivity index is 1.44. The van der Waals surface area contributed by atoms with E-state index in [0.717, 1.165) is 59.1 Å². The number of carbonyl (C=O) groups is 1. The molecule has 0 aliphatic carbocycles. The number of aromatic carboxylic acids is 1. The van der Waals surface area contributed by atoms with E-state index >= 15 is 0 Å². The maximum atomic E-state index is 11.3. The second-order valence-corrected chi connectivity index (χ2v) is 9.57. The number of imidazole rings is 1. The smallest absolute Gasteiger partial charge is 0.335 e. The summed E-state index contributed by atoms with van der Waals surface area (Å²) >= 11 is 0. The van der Waals surface area contributed by atoms with Gasteiger partial charge in [-0.25, -0.2) is 9.78 Å². The number of hydrogen-bond acceptors (Lipinski definition) is 5. The third kappa shape index (κ3) is 6.06. The topological polar surface area (TPSA) is 76.8 Å². The van der Waals surface area contributed by atoms with Crippen LogP contribution in [0.3, 0.4) is 0 Å². The van der Waals surface area contributed by atoms with Gasteiger partial charge in [0.15, 0.2) is 11.5 Å². The first-order valence-corrected chi connectivity index (χ1v) is 13.1. The first-order chi connectivity index (χ1) is 18.6. The fourth-order valence-electron chi connectivity index (χ4n) is 4.77. The molecule has 1 aliphatic rings. The lowest BCUT2D eigenvalue weighted by molar-refractivity contribution is 0.0697. The van der Waals surface area contributed by atoms with Gasteiger partial charge >= 0.3 is 5.97 Å². The second kappa shape index (κ2) is 12.0. The molecule has 3 aromatic carbocycles. The Hall–Kier alpha value is -4.10. The molecular formula is C31H33N3O4. The van der Waals surface area contributed by atoms with Crippen LogP contribution in [0.25, 0.3) is 11.4 Å². The van der Waals surface area contributed by atoms with Crippen LogP contribution in [0.4, 0.5) is 0 Å². The van der Waals surface area contributed by atoms with Crippen LogP contribution in [0, 0.1) is 0 Å². The molecule has 0 saturated carbocycles. The fraction of sp³-hybridized carbons (Fsp3) is 0.290. The quantitative estimate of drug-likeness (QED) is 0.265. The van der Waals surface area contributed by atoms with Crippen LogP contribution < -0.4 is 9.47 Å². The molecular weight excluding hydrogens is 478 g/mol. The van der Waals surface area contributed by atoms with Crippen LogP contribution >= 0.6 is 0 Å². The largest absolute Gasteiger partial charge is 0.486 e. The predicted octanol–water partition coefficient (Wildman–Crippen LogP) is 6.02. The standard InChI is InChI=1S/C31H33N3O4/c1-2-3-15-34-27(19-32-30(34)25-7-5-4-6-8-25)22-33(20-23-9-12-26(13-10-23)31(35)36)21-24-11-14-28-29(18-24)38-17-16-37-28/h4-14,18-19H,2-3,15-17,20-22H2,1H3,(H,35,36). The number of carboxylic acid groups (broad SMARTS) is 1. The summed E-state index contributed by atoms with van der Waals surface area (Å²) in [6, 6.07) is 23.5. The maximum absolute atomic E-state index is 11.3. The molecule has 196 valence electrons. The van der Waals surface area contributed by atoms with Gasteiger partial charge in [-0.15, -0.1) is 0 Å². The zero-order chi connectivity index (χ0) is 26.3. The third-order valence-electron chi connectivity index (χ3n) is 6.71. The molecule has 5 rings (SSSR count). The highest BCUT2D eigenvalue weighted by Crippen LogP contribution is 2.31. The van der Waals surface area contributed by atoms with E-state index in [1.54, 1.807) is 12.1 Å². The summed E-state index contributed by atoms with van der Waals surface area (Å²) in [5.74, 6) is 1.62. The van der Waals surface area contributed by atoms with Gasteiger partial charge in [0, 0.05) is 31.7 Å². The highest BCUT2D eigenvalue weighted by molar-refractivity contribution is 5.87. The third-order valence-corrected chi connectivity index (χ3v) is 6.71. The average molecular weight is 512 g/mol. The Morgan fingerprint density at radius 2 is 1.63 bits per heavy atom. The van der Waals surface area contributed by atoms with Gasteiger partial charge in [-0.1, -0.05) is 61.9 Å². The van der Waals surface area contributed by atoms with E-state index in [1.807, 2.05) is 42.6 Å². The zero-order valence-corrected chi connectivity index (χ0v) is 21.7. The number of nitrogens with zero attached hydrogens (tertiary/aromatic N) is 3. The molecule has 4 aromatic rings. The molecule has 2 heterocycles. The van der Waals surface area contributed by atoms with Crippen LogP contribution in [0.15, 0.2) is 79.0 Å². The van der Waals surface area contributed by atoms with E-state index < -0.39 is 5.97 Å². The minimum absolute atomic E-state index is 0.289. The van der Waals surface area contributed by atoms with Crippen molar-refractivity contribution in [1.29, 1.82) is 0 Å². The molecule has 0 bridgehead atoms. The summed E-state index contributed by atoms with van der Waals surface area (Å²) in [4.78, 5) is 18.5. The number of unbranched alkanes of at least 4 members (excludes halogenated alkanes) is 1. The van der Waals surface area contributed by atoms with E-state index in [-0.39, 0.29) is 5.56 Å². The van der Waals surface area contributed by atoms with Gasteiger partial charge in [0.2, 0.25) is 0 Å². The molecule has 7 heteroatoms. The molecule has 0 amide bonds. The number of hydrogen-bond donors (Lipinski definition) is 1.